The number of hydrogen-bond donors (Lipinski definition) is 2. The van der Waals surface area contributed by atoms with Gasteiger partial charge in [0.05, 0.1) is 13.2 Å². The largest absolute Gasteiger partial charge is 0.494 e. The van der Waals surface area contributed by atoms with Crippen molar-refractivity contribution < 1.29 is 31.9 Å². The lowest BCUT2D eigenvalue weighted by molar-refractivity contribution is -0.140. The normalized spacial score (nSPS) is 17.8. The lowest BCUT2D eigenvalue weighted by atomic mass is 9.89. The molecule has 0 radical (unpaired) electrons. The molecule has 1 aromatic carbocycles. The van der Waals surface area contributed by atoms with Gasteiger partial charge in [0.2, 0.25) is 5.89 Å². The van der Waals surface area contributed by atoms with Gasteiger partial charge in [-0.05, 0) is 43.2 Å². The summed E-state index contributed by atoms with van der Waals surface area (Å²) in [5, 5.41) is 3.22. The van der Waals surface area contributed by atoms with Crippen molar-refractivity contribution in [1.82, 2.24) is 25.3 Å². The van der Waals surface area contributed by atoms with Crippen molar-refractivity contribution >= 4 is 16.8 Å². The number of rotatable bonds is 8. The number of alkyl halides is 3. The molecule has 4 aromatic rings. The number of aromatic nitrogens is 4. The van der Waals surface area contributed by atoms with Crippen LogP contribution in [-0.4, -0.2) is 45.1 Å². The zero-order chi connectivity index (χ0) is 28.6. The first-order valence-corrected chi connectivity index (χ1v) is 12.7. The standard InChI is InChI=1S/C27H27F3N6O4/c1-4-14-11-32-26(33-12-14)39-16-9-15(10-16)34-24(37)22-23(13(2)31)40-25(36-22)18-5-7-19(38-3)21-17(18)6-8-20(35-21)27(28,29)30/h5-8,11-13,15-16H,4,9-10,31H2,1-3H3,(H,34,37)/t13-,15-,16+/m0/s1. The molecular formula is C27H27F3N6O4. The van der Waals surface area contributed by atoms with E-state index in [1.165, 1.54) is 19.2 Å². The Morgan fingerprint density at radius 1 is 1.18 bits per heavy atom. The summed E-state index contributed by atoms with van der Waals surface area (Å²) in [7, 11) is 1.34. The summed E-state index contributed by atoms with van der Waals surface area (Å²) in [6.07, 6.45) is 0.598. The number of nitrogens with two attached hydrogens (primary N) is 1. The van der Waals surface area contributed by atoms with Crippen molar-refractivity contribution in [2.45, 2.75) is 57.5 Å². The Morgan fingerprint density at radius 3 is 2.52 bits per heavy atom. The Bertz CT molecular complexity index is 1530. The molecule has 10 nitrogen and oxygen atoms in total. The number of amides is 1. The molecule has 0 bridgehead atoms. The van der Waals surface area contributed by atoms with Crippen molar-refractivity contribution in [2.24, 2.45) is 5.73 Å². The number of fused-ring (bicyclic) bond motifs is 1. The number of carbonyl (C=O) groups excluding carboxylic acids is 1. The van der Waals surface area contributed by atoms with Crippen LogP contribution in [0.3, 0.4) is 0 Å². The highest BCUT2D eigenvalue weighted by molar-refractivity contribution is 5.98. The molecule has 0 unspecified atom stereocenters. The van der Waals surface area contributed by atoms with Gasteiger partial charge in [-0.3, -0.25) is 4.79 Å². The van der Waals surface area contributed by atoms with Crippen LogP contribution in [0.2, 0.25) is 0 Å². The Kier molecular flexibility index (Phi) is 7.32. The summed E-state index contributed by atoms with van der Waals surface area (Å²) in [5.74, 6) is -0.165. The first kappa shape index (κ1) is 27.3. The highest BCUT2D eigenvalue weighted by Crippen LogP contribution is 2.37. The van der Waals surface area contributed by atoms with Crippen molar-refractivity contribution in [3.05, 3.63) is 59.4 Å². The minimum atomic E-state index is -4.64. The third kappa shape index (κ3) is 5.41. The molecule has 3 heterocycles. The molecule has 3 N–H and O–H groups in total. The average molecular weight is 557 g/mol. The molecule has 1 saturated carbocycles. The second-order valence-electron chi connectivity index (χ2n) is 9.54. The first-order chi connectivity index (χ1) is 19.1. The minimum absolute atomic E-state index is 0.00306. The molecule has 1 fully saturated rings. The van der Waals surface area contributed by atoms with Gasteiger partial charge in [-0.2, -0.15) is 13.2 Å². The predicted molar refractivity (Wildman–Crippen MR) is 138 cm³/mol. The van der Waals surface area contributed by atoms with E-state index in [1.54, 1.807) is 25.4 Å². The highest BCUT2D eigenvalue weighted by atomic mass is 19.4. The predicted octanol–water partition coefficient (Wildman–Crippen LogP) is 4.63. The quantitative estimate of drug-likeness (QED) is 0.318. The van der Waals surface area contributed by atoms with Crippen molar-refractivity contribution in [3.8, 4) is 23.2 Å². The van der Waals surface area contributed by atoms with Gasteiger partial charge >= 0.3 is 12.2 Å². The summed E-state index contributed by atoms with van der Waals surface area (Å²) in [4.78, 5) is 29.7. The Hall–Kier alpha value is -4.26. The smallest absolute Gasteiger partial charge is 0.433 e. The Labute approximate surface area is 227 Å². The monoisotopic (exact) mass is 556 g/mol. The second-order valence-corrected chi connectivity index (χ2v) is 9.54. The van der Waals surface area contributed by atoms with Crippen LogP contribution in [0.15, 0.2) is 41.1 Å². The van der Waals surface area contributed by atoms with Gasteiger partial charge in [-0.25, -0.2) is 19.9 Å². The number of pyridine rings is 1. The van der Waals surface area contributed by atoms with Crippen LogP contribution in [-0.2, 0) is 12.6 Å². The Balaban J connectivity index is 1.35. The molecule has 5 rings (SSSR count). The molecule has 0 spiro atoms. The molecule has 0 saturated heterocycles. The van der Waals surface area contributed by atoms with Gasteiger partial charge in [0, 0.05) is 42.2 Å². The number of nitrogens with one attached hydrogen (secondary N) is 1. The van der Waals surface area contributed by atoms with Crippen molar-refractivity contribution in [2.75, 3.05) is 7.11 Å². The minimum Gasteiger partial charge on any atom is -0.494 e. The fourth-order valence-corrected chi connectivity index (χ4v) is 4.39. The maximum atomic E-state index is 13.3. The molecule has 210 valence electrons. The summed E-state index contributed by atoms with van der Waals surface area (Å²) in [6, 6.07) is 4.63. The van der Waals surface area contributed by atoms with Crippen LogP contribution >= 0.6 is 0 Å². The number of nitrogens with zero attached hydrogens (tertiary/aromatic N) is 4. The van der Waals surface area contributed by atoms with E-state index in [9.17, 15) is 18.0 Å². The van der Waals surface area contributed by atoms with Crippen LogP contribution in [0.4, 0.5) is 13.2 Å². The van der Waals surface area contributed by atoms with Gasteiger partial charge in [-0.15, -0.1) is 0 Å². The number of methoxy groups -OCH3 is 1. The van der Waals surface area contributed by atoms with Crippen molar-refractivity contribution in [3.63, 3.8) is 0 Å². The van der Waals surface area contributed by atoms with Gasteiger partial charge < -0.3 is 24.9 Å². The van der Waals surface area contributed by atoms with Crippen LogP contribution in [0, 0.1) is 0 Å². The van der Waals surface area contributed by atoms with Gasteiger partial charge in [0.15, 0.2) is 11.5 Å². The van der Waals surface area contributed by atoms with E-state index in [0.717, 1.165) is 18.1 Å². The Morgan fingerprint density at radius 2 is 1.90 bits per heavy atom. The lowest BCUT2D eigenvalue weighted by Crippen LogP contribution is -2.49. The van der Waals surface area contributed by atoms with Crippen LogP contribution < -0.4 is 20.5 Å². The van der Waals surface area contributed by atoms with E-state index < -0.39 is 23.8 Å². The van der Waals surface area contributed by atoms with Crippen LogP contribution in [0.1, 0.15) is 60.2 Å². The van der Waals surface area contributed by atoms with Crippen LogP contribution in [0.5, 0.6) is 11.8 Å². The number of aryl methyl sites for hydroxylation is 1. The number of halogens is 3. The third-order valence-corrected chi connectivity index (χ3v) is 6.63. The molecule has 1 atom stereocenters. The SMILES string of the molecule is CCc1cnc(O[C@H]2C[C@@H](NC(=O)c3nc(-c4ccc(OC)c5nc(C(F)(F)F)ccc45)oc3[C@H](C)N)C2)nc1. The second kappa shape index (κ2) is 10.7. The zero-order valence-corrected chi connectivity index (χ0v) is 22.0. The molecule has 1 aliphatic carbocycles. The van der Waals surface area contributed by atoms with Crippen molar-refractivity contribution in [1.29, 1.82) is 0 Å². The average Bonchev–Trinajstić information content (AvgIpc) is 3.36. The topological polar surface area (TPSA) is 138 Å². The maximum absolute atomic E-state index is 13.3. The van der Waals surface area contributed by atoms with E-state index in [-0.39, 0.29) is 46.8 Å². The molecular weight excluding hydrogens is 529 g/mol. The number of benzene rings is 1. The molecule has 13 heteroatoms. The number of hydrogen-bond acceptors (Lipinski definition) is 9. The number of carbonyl (C=O) groups is 1. The van der Waals surface area contributed by atoms with E-state index >= 15 is 0 Å². The lowest BCUT2D eigenvalue weighted by Gasteiger charge is -2.34. The fourth-order valence-electron chi connectivity index (χ4n) is 4.39. The van der Waals surface area contributed by atoms with Gasteiger partial charge in [0.1, 0.15) is 23.1 Å². The maximum Gasteiger partial charge on any atom is 0.433 e. The third-order valence-electron chi connectivity index (χ3n) is 6.63. The molecule has 3 aromatic heterocycles. The van der Waals surface area contributed by atoms with Gasteiger partial charge in [-0.1, -0.05) is 6.92 Å². The zero-order valence-electron chi connectivity index (χ0n) is 22.0. The van der Waals surface area contributed by atoms with E-state index in [1.807, 2.05) is 6.92 Å². The summed E-state index contributed by atoms with van der Waals surface area (Å²) < 4.78 is 56.8. The van der Waals surface area contributed by atoms with E-state index in [2.05, 4.69) is 25.3 Å². The molecule has 1 amide bonds. The fraction of sp³-hybridized carbons (Fsp3) is 0.370. The number of ether oxygens (including phenoxy) is 2. The van der Waals surface area contributed by atoms with E-state index in [0.29, 0.717) is 23.8 Å². The molecule has 0 aliphatic heterocycles. The van der Waals surface area contributed by atoms with Gasteiger partial charge in [0.25, 0.3) is 5.91 Å². The molecule has 1 aliphatic rings. The summed E-state index contributed by atoms with van der Waals surface area (Å²) in [5.41, 5.74) is 6.33. The number of oxazole rings is 1. The van der Waals surface area contributed by atoms with E-state index in [4.69, 9.17) is 19.6 Å². The highest BCUT2D eigenvalue weighted by Gasteiger charge is 2.35. The summed E-state index contributed by atoms with van der Waals surface area (Å²) >= 11 is 0. The first-order valence-electron chi connectivity index (χ1n) is 12.7. The van der Waals surface area contributed by atoms with Crippen LogP contribution in [0.25, 0.3) is 22.4 Å². The summed E-state index contributed by atoms with van der Waals surface area (Å²) in [6.45, 7) is 3.65. The molecule has 40 heavy (non-hydrogen) atoms.